The van der Waals surface area contributed by atoms with Gasteiger partial charge in [0.25, 0.3) is 0 Å². The SMILES string of the molecule is COc1cccc2cc3c(=O)c4ccccc4oc3cc12. The minimum Gasteiger partial charge on any atom is -0.496 e. The number of rotatable bonds is 1. The average molecular weight is 276 g/mol. The maximum absolute atomic E-state index is 12.6. The van der Waals surface area contributed by atoms with E-state index >= 15 is 0 Å². The minimum absolute atomic E-state index is 0.00318. The number of benzene rings is 3. The molecule has 102 valence electrons. The summed E-state index contributed by atoms with van der Waals surface area (Å²) in [6.07, 6.45) is 0. The van der Waals surface area contributed by atoms with E-state index in [0.29, 0.717) is 21.9 Å². The first kappa shape index (κ1) is 12.0. The Labute approximate surface area is 120 Å². The number of methoxy groups -OCH3 is 1. The summed E-state index contributed by atoms with van der Waals surface area (Å²) in [5.74, 6) is 0.769. The topological polar surface area (TPSA) is 39.4 Å². The molecule has 3 nitrogen and oxygen atoms in total. The highest BCUT2D eigenvalue weighted by Gasteiger charge is 2.10. The molecule has 0 N–H and O–H groups in total. The van der Waals surface area contributed by atoms with Crippen molar-refractivity contribution < 1.29 is 9.15 Å². The largest absolute Gasteiger partial charge is 0.496 e. The van der Waals surface area contributed by atoms with Crippen molar-refractivity contribution in [1.29, 1.82) is 0 Å². The summed E-state index contributed by atoms with van der Waals surface area (Å²) in [7, 11) is 1.63. The maximum Gasteiger partial charge on any atom is 0.200 e. The molecule has 0 saturated carbocycles. The van der Waals surface area contributed by atoms with Gasteiger partial charge in [0.2, 0.25) is 5.43 Å². The van der Waals surface area contributed by atoms with Crippen LogP contribution in [0.25, 0.3) is 32.7 Å². The lowest BCUT2D eigenvalue weighted by molar-refractivity contribution is 0.420. The van der Waals surface area contributed by atoms with E-state index in [-0.39, 0.29) is 5.43 Å². The zero-order valence-corrected chi connectivity index (χ0v) is 11.4. The number of para-hydroxylation sites is 1. The van der Waals surface area contributed by atoms with Gasteiger partial charge in [0.05, 0.1) is 17.9 Å². The van der Waals surface area contributed by atoms with Crippen LogP contribution in [0.1, 0.15) is 0 Å². The van der Waals surface area contributed by atoms with E-state index in [1.165, 1.54) is 0 Å². The summed E-state index contributed by atoms with van der Waals surface area (Å²) in [5.41, 5.74) is 1.18. The molecule has 1 aromatic heterocycles. The average Bonchev–Trinajstić information content (AvgIpc) is 2.53. The molecule has 4 rings (SSSR count). The van der Waals surface area contributed by atoms with Crippen molar-refractivity contribution in [2.45, 2.75) is 0 Å². The van der Waals surface area contributed by atoms with Crippen LogP contribution >= 0.6 is 0 Å². The molecule has 0 unspecified atom stereocenters. The molecule has 0 radical (unpaired) electrons. The van der Waals surface area contributed by atoms with Gasteiger partial charge in [0, 0.05) is 5.39 Å². The second kappa shape index (κ2) is 4.35. The second-order valence-electron chi connectivity index (χ2n) is 4.96. The van der Waals surface area contributed by atoms with Crippen molar-refractivity contribution in [3.8, 4) is 5.75 Å². The lowest BCUT2D eigenvalue weighted by Crippen LogP contribution is -2.01. The number of hydrogen-bond donors (Lipinski definition) is 0. The van der Waals surface area contributed by atoms with Crippen molar-refractivity contribution in [1.82, 2.24) is 0 Å². The van der Waals surface area contributed by atoms with Gasteiger partial charge >= 0.3 is 0 Å². The molecule has 1 heterocycles. The van der Waals surface area contributed by atoms with Crippen LogP contribution in [0.15, 0.2) is 63.8 Å². The van der Waals surface area contributed by atoms with Crippen LogP contribution in [0.5, 0.6) is 5.75 Å². The van der Waals surface area contributed by atoms with Crippen LogP contribution in [-0.2, 0) is 0 Å². The molecule has 0 aliphatic carbocycles. The predicted octanol–water partition coefficient (Wildman–Crippen LogP) is 4.11. The number of ether oxygens (including phenoxy) is 1. The molecule has 0 aliphatic heterocycles. The molecule has 0 atom stereocenters. The Morgan fingerprint density at radius 2 is 1.71 bits per heavy atom. The molecule has 4 aromatic rings. The molecular formula is C18H12O3. The maximum atomic E-state index is 12.6. The van der Waals surface area contributed by atoms with E-state index in [4.69, 9.17) is 9.15 Å². The van der Waals surface area contributed by atoms with Gasteiger partial charge in [0.1, 0.15) is 16.9 Å². The molecule has 3 aromatic carbocycles. The Kier molecular flexibility index (Phi) is 2.48. The van der Waals surface area contributed by atoms with E-state index in [1.54, 1.807) is 13.2 Å². The first-order valence-corrected chi connectivity index (χ1v) is 6.70. The van der Waals surface area contributed by atoms with Gasteiger partial charge in [-0.2, -0.15) is 0 Å². The van der Waals surface area contributed by atoms with Crippen LogP contribution in [0.2, 0.25) is 0 Å². The molecular weight excluding hydrogens is 264 g/mol. The summed E-state index contributed by atoms with van der Waals surface area (Å²) < 4.78 is 11.3. The predicted molar refractivity (Wildman–Crippen MR) is 84.0 cm³/mol. The Balaban J connectivity index is 2.24. The van der Waals surface area contributed by atoms with Crippen molar-refractivity contribution in [3.05, 3.63) is 64.8 Å². The van der Waals surface area contributed by atoms with Crippen LogP contribution in [0, 0.1) is 0 Å². The standard InChI is InChI=1S/C18H12O3/c1-20-15-8-4-5-11-9-14-17(10-13(11)15)21-16-7-3-2-6-12(16)18(14)19/h2-10H,1H3. The van der Waals surface area contributed by atoms with E-state index in [1.807, 2.05) is 48.5 Å². The van der Waals surface area contributed by atoms with Crippen LogP contribution in [0.3, 0.4) is 0 Å². The first-order valence-electron chi connectivity index (χ1n) is 6.70. The fourth-order valence-corrected chi connectivity index (χ4v) is 2.72. The quantitative estimate of drug-likeness (QED) is 0.491. The van der Waals surface area contributed by atoms with E-state index in [9.17, 15) is 4.79 Å². The third-order valence-corrected chi connectivity index (χ3v) is 3.76. The fourth-order valence-electron chi connectivity index (χ4n) is 2.72. The van der Waals surface area contributed by atoms with Gasteiger partial charge in [-0.1, -0.05) is 24.3 Å². The van der Waals surface area contributed by atoms with Gasteiger partial charge in [-0.15, -0.1) is 0 Å². The van der Waals surface area contributed by atoms with Crippen molar-refractivity contribution in [2.24, 2.45) is 0 Å². The monoisotopic (exact) mass is 276 g/mol. The molecule has 0 fully saturated rings. The van der Waals surface area contributed by atoms with E-state index in [2.05, 4.69) is 0 Å². The van der Waals surface area contributed by atoms with Crippen molar-refractivity contribution in [2.75, 3.05) is 7.11 Å². The Bertz CT molecular complexity index is 1040. The summed E-state index contributed by atoms with van der Waals surface area (Å²) in [6, 6.07) is 16.8. The number of hydrogen-bond acceptors (Lipinski definition) is 3. The molecule has 0 amide bonds. The third-order valence-electron chi connectivity index (χ3n) is 3.76. The normalized spacial score (nSPS) is 11.3. The Hall–Kier alpha value is -2.81. The highest BCUT2D eigenvalue weighted by Crippen LogP contribution is 2.30. The molecule has 3 heteroatoms. The van der Waals surface area contributed by atoms with E-state index < -0.39 is 0 Å². The molecule has 21 heavy (non-hydrogen) atoms. The smallest absolute Gasteiger partial charge is 0.200 e. The highest BCUT2D eigenvalue weighted by atomic mass is 16.5. The zero-order valence-electron chi connectivity index (χ0n) is 11.4. The first-order chi connectivity index (χ1) is 10.3. The van der Waals surface area contributed by atoms with Crippen LogP contribution in [0.4, 0.5) is 0 Å². The Morgan fingerprint density at radius 3 is 2.57 bits per heavy atom. The molecule has 0 saturated heterocycles. The van der Waals surface area contributed by atoms with Crippen LogP contribution < -0.4 is 10.2 Å². The van der Waals surface area contributed by atoms with Gasteiger partial charge in [-0.3, -0.25) is 4.79 Å². The van der Waals surface area contributed by atoms with Gasteiger partial charge in [-0.25, -0.2) is 0 Å². The van der Waals surface area contributed by atoms with E-state index in [0.717, 1.165) is 16.5 Å². The van der Waals surface area contributed by atoms with Crippen LogP contribution in [-0.4, -0.2) is 7.11 Å². The summed E-state index contributed by atoms with van der Waals surface area (Å²) >= 11 is 0. The summed E-state index contributed by atoms with van der Waals surface area (Å²) in [5, 5.41) is 3.09. The summed E-state index contributed by atoms with van der Waals surface area (Å²) in [6.45, 7) is 0. The Morgan fingerprint density at radius 1 is 0.857 bits per heavy atom. The fraction of sp³-hybridized carbons (Fsp3) is 0.0556. The van der Waals surface area contributed by atoms with Gasteiger partial charge < -0.3 is 9.15 Å². The second-order valence-corrected chi connectivity index (χ2v) is 4.96. The molecule has 0 spiro atoms. The molecule has 0 bridgehead atoms. The lowest BCUT2D eigenvalue weighted by atomic mass is 10.1. The number of fused-ring (bicyclic) bond motifs is 3. The highest BCUT2D eigenvalue weighted by molar-refractivity contribution is 6.01. The van der Waals surface area contributed by atoms with Gasteiger partial charge in [0.15, 0.2) is 0 Å². The van der Waals surface area contributed by atoms with Crippen molar-refractivity contribution >= 4 is 32.7 Å². The molecule has 0 aliphatic rings. The third kappa shape index (κ3) is 1.71. The zero-order chi connectivity index (χ0) is 14.4. The lowest BCUT2D eigenvalue weighted by Gasteiger charge is -2.07. The minimum atomic E-state index is -0.00318. The van der Waals surface area contributed by atoms with Crippen molar-refractivity contribution in [3.63, 3.8) is 0 Å². The summed E-state index contributed by atoms with van der Waals surface area (Å²) in [4.78, 5) is 12.6. The van der Waals surface area contributed by atoms with Gasteiger partial charge in [-0.05, 0) is 35.7 Å².